The van der Waals surface area contributed by atoms with E-state index in [-0.39, 0.29) is 11.7 Å². The number of hydrogen-bond donors (Lipinski definition) is 1. The zero-order valence-corrected chi connectivity index (χ0v) is 13.1. The second-order valence-corrected chi connectivity index (χ2v) is 5.43. The molecule has 0 aliphatic carbocycles. The highest BCUT2D eigenvalue weighted by Crippen LogP contribution is 2.33. The largest absolute Gasteiger partial charge is 0.434 e. The van der Waals surface area contributed by atoms with Gasteiger partial charge in [0.1, 0.15) is 0 Å². The number of alkyl halides is 3. The molecule has 0 spiro atoms. The van der Waals surface area contributed by atoms with E-state index in [1.165, 1.54) is 12.1 Å². The molecular weight excluding hydrogens is 307 g/mol. The third-order valence-corrected chi connectivity index (χ3v) is 3.55. The van der Waals surface area contributed by atoms with E-state index >= 15 is 0 Å². The molecule has 1 amide bonds. The molecule has 124 valence electrons. The van der Waals surface area contributed by atoms with Crippen LogP contribution in [0.1, 0.15) is 41.9 Å². The average molecular weight is 325 g/mol. The van der Waals surface area contributed by atoms with Crippen molar-refractivity contribution >= 4 is 5.91 Å². The lowest BCUT2D eigenvalue weighted by Crippen LogP contribution is -2.33. The van der Waals surface area contributed by atoms with Gasteiger partial charge in [-0.05, 0) is 32.4 Å². The Morgan fingerprint density at radius 2 is 1.91 bits per heavy atom. The second-order valence-electron chi connectivity index (χ2n) is 5.43. The lowest BCUT2D eigenvalue weighted by Gasteiger charge is -2.14. The lowest BCUT2D eigenvalue weighted by atomic mass is 10.2. The summed E-state index contributed by atoms with van der Waals surface area (Å²) in [4.78, 5) is 12.1. The summed E-state index contributed by atoms with van der Waals surface area (Å²) in [5.74, 6) is -0.773. The Hall–Kier alpha value is -2.31. The van der Waals surface area contributed by atoms with E-state index < -0.39 is 23.3 Å². The predicted octanol–water partition coefficient (Wildman–Crippen LogP) is 3.73. The molecule has 4 nitrogen and oxygen atoms in total. The molecule has 1 N–H and O–H groups in total. The summed E-state index contributed by atoms with van der Waals surface area (Å²) in [5.41, 5.74) is -0.366. The first kappa shape index (κ1) is 17.1. The highest BCUT2D eigenvalue weighted by molar-refractivity contribution is 5.95. The van der Waals surface area contributed by atoms with Crippen molar-refractivity contribution in [1.82, 2.24) is 15.1 Å². The monoisotopic (exact) mass is 325 g/mol. The van der Waals surface area contributed by atoms with Gasteiger partial charge in [0.25, 0.3) is 5.91 Å². The zero-order valence-electron chi connectivity index (χ0n) is 13.1. The third kappa shape index (κ3) is 3.72. The van der Waals surface area contributed by atoms with Crippen molar-refractivity contribution in [3.05, 3.63) is 47.3 Å². The van der Waals surface area contributed by atoms with Crippen molar-refractivity contribution in [3.8, 4) is 5.69 Å². The maximum atomic E-state index is 13.4. The Kier molecular flexibility index (Phi) is 4.77. The van der Waals surface area contributed by atoms with Crippen LogP contribution in [0, 0.1) is 6.92 Å². The van der Waals surface area contributed by atoms with Gasteiger partial charge in [-0.3, -0.25) is 4.79 Å². The zero-order chi connectivity index (χ0) is 17.2. The van der Waals surface area contributed by atoms with E-state index in [1.54, 1.807) is 19.1 Å². The number of carbonyl (C=O) groups excluding carboxylic acids is 1. The molecule has 1 aromatic heterocycles. The fraction of sp³-hybridized carbons (Fsp3) is 0.375. The van der Waals surface area contributed by atoms with Crippen molar-refractivity contribution in [1.29, 1.82) is 0 Å². The average Bonchev–Trinajstić information content (AvgIpc) is 2.93. The summed E-state index contributed by atoms with van der Waals surface area (Å²) in [6.45, 7) is 5.41. The second kappa shape index (κ2) is 6.44. The predicted molar refractivity (Wildman–Crippen MR) is 80.5 cm³/mol. The van der Waals surface area contributed by atoms with Gasteiger partial charge in [0.05, 0.1) is 17.4 Å². The number of aromatic nitrogens is 2. The van der Waals surface area contributed by atoms with Crippen LogP contribution in [0.5, 0.6) is 0 Å². The van der Waals surface area contributed by atoms with Crippen LogP contribution in [0.3, 0.4) is 0 Å². The molecule has 1 aromatic carbocycles. The molecule has 0 saturated heterocycles. The number of hydrogen-bond acceptors (Lipinski definition) is 2. The Bertz CT molecular complexity index is 690. The molecule has 1 unspecified atom stereocenters. The first-order valence-corrected chi connectivity index (χ1v) is 7.27. The van der Waals surface area contributed by atoms with Gasteiger partial charge in [0, 0.05) is 6.04 Å². The molecule has 2 aromatic rings. The minimum absolute atomic E-state index is 0.216. The minimum atomic E-state index is -4.69. The SMILES string of the molecule is CCC(C)NC(=O)c1cnn(-c2ccc(C)cc2)c1C(F)(F)F. The van der Waals surface area contributed by atoms with Crippen molar-refractivity contribution < 1.29 is 18.0 Å². The van der Waals surface area contributed by atoms with Crippen LogP contribution in [-0.4, -0.2) is 21.7 Å². The Labute approximate surface area is 132 Å². The molecule has 23 heavy (non-hydrogen) atoms. The van der Waals surface area contributed by atoms with Gasteiger partial charge >= 0.3 is 6.18 Å². The minimum Gasteiger partial charge on any atom is -0.349 e. The van der Waals surface area contributed by atoms with Gasteiger partial charge in [-0.25, -0.2) is 4.68 Å². The molecule has 0 aliphatic rings. The number of halogens is 3. The van der Waals surface area contributed by atoms with Crippen LogP contribution < -0.4 is 5.32 Å². The van der Waals surface area contributed by atoms with Gasteiger partial charge in [0.15, 0.2) is 5.69 Å². The van der Waals surface area contributed by atoms with E-state index in [0.29, 0.717) is 6.42 Å². The normalized spacial score (nSPS) is 13.0. The number of benzene rings is 1. The molecule has 0 saturated carbocycles. The molecule has 0 bridgehead atoms. The Morgan fingerprint density at radius 3 is 2.43 bits per heavy atom. The van der Waals surface area contributed by atoms with Gasteiger partial charge in [-0.1, -0.05) is 24.6 Å². The van der Waals surface area contributed by atoms with Crippen molar-refractivity contribution in [3.63, 3.8) is 0 Å². The molecule has 1 heterocycles. The molecular formula is C16H18F3N3O. The summed E-state index contributed by atoms with van der Waals surface area (Å²) < 4.78 is 41.1. The van der Waals surface area contributed by atoms with E-state index in [1.807, 2.05) is 13.8 Å². The number of carbonyl (C=O) groups is 1. The van der Waals surface area contributed by atoms with Crippen LogP contribution >= 0.6 is 0 Å². The summed E-state index contributed by atoms with van der Waals surface area (Å²) in [6.07, 6.45) is -3.11. The molecule has 2 rings (SSSR count). The summed E-state index contributed by atoms with van der Waals surface area (Å²) in [5, 5.41) is 6.31. The van der Waals surface area contributed by atoms with E-state index in [9.17, 15) is 18.0 Å². The Balaban J connectivity index is 2.49. The molecule has 0 aliphatic heterocycles. The van der Waals surface area contributed by atoms with Crippen LogP contribution in [0.15, 0.2) is 30.5 Å². The Morgan fingerprint density at radius 1 is 1.30 bits per heavy atom. The number of amides is 1. The standard InChI is InChI=1S/C16H18F3N3O/c1-4-11(3)21-15(23)13-9-20-22(14(13)16(17,18)19)12-7-5-10(2)6-8-12/h5-9,11H,4H2,1-3H3,(H,21,23). The van der Waals surface area contributed by atoms with Crippen molar-refractivity contribution in [2.75, 3.05) is 0 Å². The molecule has 1 atom stereocenters. The molecule has 0 radical (unpaired) electrons. The fourth-order valence-corrected chi connectivity index (χ4v) is 2.07. The van der Waals surface area contributed by atoms with Crippen LogP contribution in [0.2, 0.25) is 0 Å². The smallest absolute Gasteiger partial charge is 0.349 e. The quantitative estimate of drug-likeness (QED) is 0.931. The number of nitrogens with one attached hydrogen (secondary N) is 1. The fourth-order valence-electron chi connectivity index (χ4n) is 2.07. The van der Waals surface area contributed by atoms with Crippen molar-refractivity contribution in [2.45, 2.75) is 39.4 Å². The van der Waals surface area contributed by atoms with Crippen LogP contribution in [0.25, 0.3) is 5.69 Å². The first-order valence-electron chi connectivity index (χ1n) is 7.27. The summed E-state index contributed by atoms with van der Waals surface area (Å²) in [6, 6.07) is 6.24. The van der Waals surface area contributed by atoms with Crippen LogP contribution in [0.4, 0.5) is 13.2 Å². The summed E-state index contributed by atoms with van der Waals surface area (Å²) in [7, 11) is 0. The number of rotatable bonds is 4. The van der Waals surface area contributed by atoms with Gasteiger partial charge in [0.2, 0.25) is 0 Å². The van der Waals surface area contributed by atoms with Gasteiger partial charge in [-0.2, -0.15) is 18.3 Å². The molecule has 0 fully saturated rings. The van der Waals surface area contributed by atoms with E-state index in [4.69, 9.17) is 0 Å². The highest BCUT2D eigenvalue weighted by atomic mass is 19.4. The van der Waals surface area contributed by atoms with Crippen molar-refractivity contribution in [2.24, 2.45) is 0 Å². The topological polar surface area (TPSA) is 46.9 Å². The molecule has 7 heteroatoms. The third-order valence-electron chi connectivity index (χ3n) is 3.55. The maximum Gasteiger partial charge on any atom is 0.434 e. The van der Waals surface area contributed by atoms with E-state index in [2.05, 4.69) is 10.4 Å². The number of aryl methyl sites for hydroxylation is 1. The maximum absolute atomic E-state index is 13.4. The number of nitrogens with zero attached hydrogens (tertiary/aromatic N) is 2. The van der Waals surface area contributed by atoms with Crippen LogP contribution in [-0.2, 0) is 6.18 Å². The van der Waals surface area contributed by atoms with Gasteiger partial charge < -0.3 is 5.32 Å². The first-order chi connectivity index (χ1) is 10.7. The lowest BCUT2D eigenvalue weighted by molar-refractivity contribution is -0.143. The summed E-state index contributed by atoms with van der Waals surface area (Å²) >= 11 is 0. The van der Waals surface area contributed by atoms with Gasteiger partial charge in [-0.15, -0.1) is 0 Å². The highest BCUT2D eigenvalue weighted by Gasteiger charge is 2.40. The van der Waals surface area contributed by atoms with E-state index in [0.717, 1.165) is 16.4 Å².